The van der Waals surface area contributed by atoms with Gasteiger partial charge < -0.3 is 14.1 Å². The van der Waals surface area contributed by atoms with Gasteiger partial charge in [-0.1, -0.05) is 66.5 Å². The van der Waals surface area contributed by atoms with Crippen molar-refractivity contribution in [2.45, 2.75) is 13.3 Å². The molecule has 8 nitrogen and oxygen atoms in total. The number of para-hydroxylation sites is 1. The number of anilines is 1. The van der Waals surface area contributed by atoms with E-state index in [1.807, 2.05) is 18.2 Å². The highest BCUT2D eigenvalue weighted by Gasteiger charge is 2.22. The molecule has 1 saturated heterocycles. The van der Waals surface area contributed by atoms with Crippen LogP contribution in [0.1, 0.15) is 5.56 Å². The molecule has 1 amide bonds. The van der Waals surface area contributed by atoms with Crippen LogP contribution in [-0.4, -0.2) is 48.0 Å². The number of carbonyl (C=O) groups is 1. The van der Waals surface area contributed by atoms with E-state index < -0.39 is 11.8 Å². The van der Waals surface area contributed by atoms with Crippen LogP contribution in [0.3, 0.4) is 0 Å². The summed E-state index contributed by atoms with van der Waals surface area (Å²) in [6.07, 6.45) is 1.11. The van der Waals surface area contributed by atoms with E-state index in [1.54, 1.807) is 12.3 Å². The molecule has 36 heavy (non-hydrogen) atoms. The molecule has 1 aromatic heterocycles. The largest absolute Gasteiger partial charge is 0.427 e. The van der Waals surface area contributed by atoms with E-state index >= 15 is 0 Å². The highest BCUT2D eigenvalue weighted by Crippen LogP contribution is 2.28. The second kappa shape index (κ2) is 10.9. The Morgan fingerprint density at radius 2 is 1.72 bits per heavy atom. The fraction of sp³-hybridized carbons (Fsp3) is 0.259. The second-order valence-electron chi connectivity index (χ2n) is 8.62. The minimum Gasteiger partial charge on any atom is -0.427 e. The number of piperazine rings is 1. The number of oxazole rings is 1. The highest BCUT2D eigenvalue weighted by molar-refractivity contribution is 7.97. The number of nitrogens with one attached hydrogen (secondary N) is 1. The number of ether oxygens (including phenoxy) is 1. The molecule has 1 fully saturated rings. The van der Waals surface area contributed by atoms with Crippen molar-refractivity contribution >= 4 is 34.8 Å². The van der Waals surface area contributed by atoms with Crippen LogP contribution in [0, 0.1) is 0 Å². The maximum Gasteiger partial charge on any atom is 0.422 e. The molecule has 0 bridgehead atoms. The standard InChI is InChI=1S/C27H28N4O4S/c1-36-28-26(32)34-19-31-24-12-6-11-23(25(24)35-27(31)33)30-15-13-29(14-16-30)18-20-7-5-10-22(17-20)21-8-3-2-4-9-21/h2-12,17H,13-16,18-19H2,1H3,(H,28,32). The normalized spacial score (nSPS) is 14.2. The van der Waals surface area contributed by atoms with Gasteiger partial charge in [0.25, 0.3) is 0 Å². The maximum absolute atomic E-state index is 12.5. The maximum atomic E-state index is 12.5. The number of rotatable bonds is 7. The number of nitrogens with zero attached hydrogens (tertiary/aromatic N) is 3. The molecular formula is C27H28N4O4S. The van der Waals surface area contributed by atoms with Gasteiger partial charge in [0.15, 0.2) is 12.3 Å². The summed E-state index contributed by atoms with van der Waals surface area (Å²) < 4.78 is 14.5. The van der Waals surface area contributed by atoms with Crippen molar-refractivity contribution in [1.29, 1.82) is 0 Å². The third-order valence-corrected chi connectivity index (χ3v) is 6.71. The smallest absolute Gasteiger partial charge is 0.422 e. The van der Waals surface area contributed by atoms with E-state index in [0.717, 1.165) is 50.4 Å². The minimum atomic E-state index is -0.606. The Balaban J connectivity index is 1.25. The first-order valence-corrected chi connectivity index (χ1v) is 13.0. The molecular weight excluding hydrogens is 476 g/mol. The van der Waals surface area contributed by atoms with Crippen molar-refractivity contribution < 1.29 is 13.9 Å². The third kappa shape index (κ3) is 5.27. The Morgan fingerprint density at radius 3 is 2.50 bits per heavy atom. The van der Waals surface area contributed by atoms with E-state index in [1.165, 1.54) is 21.3 Å². The van der Waals surface area contributed by atoms with Gasteiger partial charge in [0, 0.05) is 39.0 Å². The minimum absolute atomic E-state index is 0.211. The molecule has 9 heteroatoms. The summed E-state index contributed by atoms with van der Waals surface area (Å²) in [7, 11) is 0. The van der Waals surface area contributed by atoms with Crippen LogP contribution in [-0.2, 0) is 18.0 Å². The van der Waals surface area contributed by atoms with Crippen molar-refractivity contribution in [3.63, 3.8) is 0 Å². The summed E-state index contributed by atoms with van der Waals surface area (Å²) in [5, 5.41) is 0. The number of amides is 1. The predicted octanol–water partition coefficient (Wildman–Crippen LogP) is 4.55. The lowest BCUT2D eigenvalue weighted by Crippen LogP contribution is -2.46. The summed E-state index contributed by atoms with van der Waals surface area (Å²) in [5.41, 5.74) is 5.74. The summed E-state index contributed by atoms with van der Waals surface area (Å²) in [6.45, 7) is 4.11. The van der Waals surface area contributed by atoms with Crippen molar-refractivity contribution in [3.05, 3.63) is 88.9 Å². The second-order valence-corrected chi connectivity index (χ2v) is 9.23. The molecule has 0 saturated carbocycles. The summed E-state index contributed by atoms with van der Waals surface area (Å²) in [5.74, 6) is -0.550. The molecule has 5 rings (SSSR count). The van der Waals surface area contributed by atoms with Gasteiger partial charge in [0.05, 0.1) is 11.2 Å². The van der Waals surface area contributed by atoms with Crippen molar-refractivity contribution in [2.75, 3.05) is 37.3 Å². The highest BCUT2D eigenvalue weighted by atomic mass is 32.2. The number of hydrogen-bond donors (Lipinski definition) is 1. The zero-order valence-corrected chi connectivity index (χ0v) is 20.9. The lowest BCUT2D eigenvalue weighted by molar-refractivity contribution is 0.118. The number of aromatic nitrogens is 1. The third-order valence-electron chi connectivity index (χ3n) is 6.34. The Morgan fingerprint density at radius 1 is 0.972 bits per heavy atom. The molecule has 0 atom stereocenters. The molecule has 0 radical (unpaired) electrons. The number of fused-ring (bicyclic) bond motifs is 1. The first-order chi connectivity index (χ1) is 17.6. The quantitative estimate of drug-likeness (QED) is 0.370. The van der Waals surface area contributed by atoms with Gasteiger partial charge in [0.1, 0.15) is 0 Å². The summed E-state index contributed by atoms with van der Waals surface area (Å²) in [4.78, 5) is 28.8. The zero-order valence-electron chi connectivity index (χ0n) is 20.1. The molecule has 2 heterocycles. The Kier molecular flexibility index (Phi) is 7.29. The summed E-state index contributed by atoms with van der Waals surface area (Å²) in [6, 6.07) is 24.8. The number of carbonyl (C=O) groups excluding carboxylic acids is 1. The monoisotopic (exact) mass is 504 g/mol. The van der Waals surface area contributed by atoms with Gasteiger partial charge in [0.2, 0.25) is 0 Å². The van der Waals surface area contributed by atoms with Gasteiger partial charge in [-0.05, 0) is 34.9 Å². The molecule has 1 aliphatic heterocycles. The van der Waals surface area contributed by atoms with Crippen LogP contribution in [0.5, 0.6) is 0 Å². The van der Waals surface area contributed by atoms with Crippen molar-refractivity contribution in [2.24, 2.45) is 0 Å². The van der Waals surface area contributed by atoms with Crippen LogP contribution in [0.25, 0.3) is 22.2 Å². The molecule has 0 spiro atoms. The molecule has 1 aliphatic rings. The predicted molar refractivity (Wildman–Crippen MR) is 143 cm³/mol. The fourth-order valence-corrected chi connectivity index (χ4v) is 4.79. The molecule has 3 aromatic carbocycles. The zero-order chi connectivity index (χ0) is 24.9. The van der Waals surface area contributed by atoms with Gasteiger partial charge >= 0.3 is 11.8 Å². The first kappa shape index (κ1) is 24.0. The fourth-order valence-electron chi connectivity index (χ4n) is 4.56. The van der Waals surface area contributed by atoms with Gasteiger partial charge in [-0.3, -0.25) is 9.62 Å². The van der Waals surface area contributed by atoms with Crippen molar-refractivity contribution in [1.82, 2.24) is 14.2 Å². The van der Waals surface area contributed by atoms with Crippen LogP contribution in [0.15, 0.2) is 82.0 Å². The molecule has 4 aromatic rings. The van der Waals surface area contributed by atoms with Crippen molar-refractivity contribution in [3.8, 4) is 11.1 Å². The van der Waals surface area contributed by atoms with E-state index in [9.17, 15) is 9.59 Å². The Labute approximate surface area is 213 Å². The van der Waals surface area contributed by atoms with Crippen LogP contribution >= 0.6 is 11.9 Å². The number of hydrogen-bond acceptors (Lipinski definition) is 7. The lowest BCUT2D eigenvalue weighted by Gasteiger charge is -2.36. The Hall–Kier alpha value is -3.69. The topological polar surface area (TPSA) is 79.9 Å². The average Bonchev–Trinajstić information content (AvgIpc) is 3.24. The SMILES string of the molecule is CSNC(=O)OCn1c(=O)oc2c(N3CCN(Cc4cccc(-c5ccccc5)c4)CC3)cccc21. The molecule has 0 unspecified atom stereocenters. The molecule has 0 aliphatic carbocycles. The summed E-state index contributed by atoms with van der Waals surface area (Å²) >= 11 is 1.13. The lowest BCUT2D eigenvalue weighted by atomic mass is 10.0. The van der Waals surface area contributed by atoms with Crippen LogP contribution < -0.4 is 15.4 Å². The van der Waals surface area contributed by atoms with Gasteiger partial charge in [-0.25, -0.2) is 14.2 Å². The van der Waals surface area contributed by atoms with E-state index in [4.69, 9.17) is 9.15 Å². The average molecular weight is 505 g/mol. The first-order valence-electron chi connectivity index (χ1n) is 11.8. The van der Waals surface area contributed by atoms with E-state index in [2.05, 4.69) is 63.1 Å². The number of benzene rings is 3. The van der Waals surface area contributed by atoms with Gasteiger partial charge in [-0.2, -0.15) is 0 Å². The molecule has 186 valence electrons. The van der Waals surface area contributed by atoms with Crippen LogP contribution in [0.4, 0.5) is 10.5 Å². The van der Waals surface area contributed by atoms with Crippen LogP contribution in [0.2, 0.25) is 0 Å². The van der Waals surface area contributed by atoms with Gasteiger partial charge in [-0.15, -0.1) is 0 Å². The van der Waals surface area contributed by atoms with E-state index in [0.29, 0.717) is 11.1 Å². The Bertz CT molecular complexity index is 1390. The van der Waals surface area contributed by atoms with E-state index in [-0.39, 0.29) is 6.73 Å². The molecule has 1 N–H and O–H groups in total.